The Balaban J connectivity index is 1.02. The molecule has 0 spiro atoms. The van der Waals surface area contributed by atoms with Gasteiger partial charge in [-0.3, -0.25) is 0 Å². The lowest BCUT2D eigenvalue weighted by Gasteiger charge is -2.15. The first-order valence-electron chi connectivity index (χ1n) is 21.9. The van der Waals surface area contributed by atoms with E-state index in [1.807, 2.05) is 0 Å². The van der Waals surface area contributed by atoms with Crippen molar-refractivity contribution in [2.24, 2.45) is 0 Å². The van der Waals surface area contributed by atoms with Gasteiger partial charge in [-0.1, -0.05) is 170 Å². The van der Waals surface area contributed by atoms with Crippen LogP contribution in [0.25, 0.3) is 99.5 Å². The first-order valence-corrected chi connectivity index (χ1v) is 21.9. The lowest BCUT2D eigenvalue weighted by atomic mass is 9.89. The van der Waals surface area contributed by atoms with E-state index in [-0.39, 0.29) is 5.92 Å². The van der Waals surface area contributed by atoms with Crippen LogP contribution in [-0.4, -0.2) is 9.13 Å². The normalized spacial score (nSPS) is 13.2. The van der Waals surface area contributed by atoms with Gasteiger partial charge in [-0.05, 0) is 128 Å². The fraction of sp³-hybridized carbons (Fsp3) is 0.0164. The van der Waals surface area contributed by atoms with E-state index in [1.165, 1.54) is 105 Å². The molecule has 0 bridgehead atoms. The van der Waals surface area contributed by atoms with Crippen molar-refractivity contribution in [2.75, 3.05) is 0 Å². The summed E-state index contributed by atoms with van der Waals surface area (Å²) >= 11 is 0. The van der Waals surface area contributed by atoms with Crippen LogP contribution < -0.4 is 0 Å². The molecule has 0 fully saturated rings. The van der Waals surface area contributed by atoms with Crippen molar-refractivity contribution in [1.82, 2.24) is 9.13 Å². The fourth-order valence-electron chi connectivity index (χ4n) is 10.5. The largest absolute Gasteiger partial charge is 0.309 e. The maximum Gasteiger partial charge on any atom is 0.0544 e. The summed E-state index contributed by atoms with van der Waals surface area (Å²) in [7, 11) is 0. The van der Waals surface area contributed by atoms with Crippen molar-refractivity contribution < 1.29 is 0 Å². The number of hydrogen-bond donors (Lipinski definition) is 0. The summed E-state index contributed by atoms with van der Waals surface area (Å²) < 4.78 is 4.91. The molecule has 13 rings (SSSR count). The van der Waals surface area contributed by atoms with Gasteiger partial charge in [-0.25, -0.2) is 0 Å². The molecule has 2 aromatic heterocycles. The zero-order chi connectivity index (χ0) is 41.4. The highest BCUT2D eigenvalue weighted by Gasteiger charge is 2.31. The number of hydrogen-bond acceptors (Lipinski definition) is 0. The van der Waals surface area contributed by atoms with Crippen LogP contribution in [-0.2, 0) is 0 Å². The zero-order valence-corrected chi connectivity index (χ0v) is 34.5. The van der Waals surface area contributed by atoms with Crippen LogP contribution in [0.3, 0.4) is 0 Å². The van der Waals surface area contributed by atoms with Gasteiger partial charge in [0.1, 0.15) is 0 Å². The Kier molecular flexibility index (Phi) is 8.01. The second-order valence-corrected chi connectivity index (χ2v) is 16.9. The van der Waals surface area contributed by atoms with Crippen LogP contribution in [0.5, 0.6) is 0 Å². The molecule has 1 aliphatic carbocycles. The molecule has 2 heterocycles. The topological polar surface area (TPSA) is 9.86 Å². The number of aromatic nitrogens is 2. The third kappa shape index (κ3) is 5.65. The third-order valence-corrected chi connectivity index (χ3v) is 13.4. The first kappa shape index (κ1) is 35.5. The van der Waals surface area contributed by atoms with E-state index in [9.17, 15) is 0 Å². The molecule has 294 valence electrons. The van der Waals surface area contributed by atoms with Crippen molar-refractivity contribution in [1.29, 1.82) is 0 Å². The molecule has 0 saturated carbocycles. The molecule has 0 amide bonds. The number of benzene rings is 10. The molecule has 12 aromatic rings. The Bertz CT molecular complexity index is 3720. The second kappa shape index (κ2) is 14.2. The number of fused-ring (bicyclic) bond motifs is 9. The average Bonchev–Trinajstić information content (AvgIpc) is 3.99. The van der Waals surface area contributed by atoms with Gasteiger partial charge in [0.2, 0.25) is 0 Å². The summed E-state index contributed by atoms with van der Waals surface area (Å²) in [5, 5.41) is 5.00. The van der Waals surface area contributed by atoms with E-state index in [0.717, 1.165) is 11.4 Å². The quantitative estimate of drug-likeness (QED) is 0.159. The van der Waals surface area contributed by atoms with Crippen molar-refractivity contribution in [2.45, 2.75) is 5.92 Å². The van der Waals surface area contributed by atoms with Gasteiger partial charge in [0.15, 0.2) is 0 Å². The van der Waals surface area contributed by atoms with E-state index >= 15 is 0 Å². The molecule has 1 atom stereocenters. The van der Waals surface area contributed by atoms with E-state index < -0.39 is 0 Å². The Morgan fingerprint density at radius 3 is 1.38 bits per heavy atom. The zero-order valence-electron chi connectivity index (χ0n) is 34.5. The molecular formula is C61H40N2. The Hall–Kier alpha value is -8.20. The molecule has 10 aromatic carbocycles. The highest BCUT2D eigenvalue weighted by Crippen LogP contribution is 2.51. The molecule has 0 aliphatic heterocycles. The van der Waals surface area contributed by atoms with Crippen LogP contribution in [0.15, 0.2) is 237 Å². The van der Waals surface area contributed by atoms with E-state index in [1.54, 1.807) is 0 Å². The number of para-hydroxylation sites is 1. The van der Waals surface area contributed by atoms with Crippen LogP contribution in [0, 0.1) is 0 Å². The second-order valence-electron chi connectivity index (χ2n) is 16.9. The van der Waals surface area contributed by atoms with Crippen LogP contribution >= 0.6 is 0 Å². The van der Waals surface area contributed by atoms with Gasteiger partial charge in [-0.2, -0.15) is 0 Å². The minimum Gasteiger partial charge on any atom is -0.309 e. The van der Waals surface area contributed by atoms with Crippen molar-refractivity contribution in [3.8, 4) is 55.9 Å². The van der Waals surface area contributed by atoms with Gasteiger partial charge in [-0.15, -0.1) is 0 Å². The molecule has 0 radical (unpaired) electrons. The Morgan fingerprint density at radius 1 is 0.254 bits per heavy atom. The summed E-state index contributed by atoms with van der Waals surface area (Å²) in [5.41, 5.74) is 21.1. The minimum absolute atomic E-state index is 0.161. The van der Waals surface area contributed by atoms with Gasteiger partial charge in [0, 0.05) is 38.8 Å². The standard InChI is InChI=1S/C61H40N2/c1-4-16-40(17-5-1)43-22-14-24-47(34-43)62-57-29-13-12-27-50(57)53-36-45(30-32-58(53)62)46-31-33-59-54(37-46)55-38-52-49-26-10-11-28-51(49)61(42-20-8-3-9-21-42)56(52)39-60(55)63(59)48-25-15-23-44(35-48)41-18-6-2-7-19-41/h1-39,61H. The maximum absolute atomic E-state index is 2.49. The fourth-order valence-corrected chi connectivity index (χ4v) is 10.5. The van der Waals surface area contributed by atoms with Crippen LogP contribution in [0.2, 0.25) is 0 Å². The van der Waals surface area contributed by atoms with Crippen molar-refractivity contribution >= 4 is 43.6 Å². The minimum atomic E-state index is 0.161. The smallest absolute Gasteiger partial charge is 0.0544 e. The van der Waals surface area contributed by atoms with Gasteiger partial charge >= 0.3 is 0 Å². The lowest BCUT2D eigenvalue weighted by Crippen LogP contribution is -2.00. The van der Waals surface area contributed by atoms with E-state index in [4.69, 9.17) is 0 Å². The summed E-state index contributed by atoms with van der Waals surface area (Å²) in [6.45, 7) is 0. The van der Waals surface area contributed by atoms with Crippen LogP contribution in [0.4, 0.5) is 0 Å². The first-order chi connectivity index (χ1) is 31.2. The molecule has 63 heavy (non-hydrogen) atoms. The summed E-state index contributed by atoms with van der Waals surface area (Å²) in [4.78, 5) is 0. The van der Waals surface area contributed by atoms with Crippen molar-refractivity contribution in [3.05, 3.63) is 253 Å². The summed E-state index contributed by atoms with van der Waals surface area (Å²) in [6.07, 6.45) is 0. The molecule has 1 unspecified atom stereocenters. The molecule has 1 aliphatic rings. The van der Waals surface area contributed by atoms with Gasteiger partial charge in [0.25, 0.3) is 0 Å². The SMILES string of the molecule is c1ccc(-c2cccc(-n3c4ccccc4c4cc(-c5ccc6c(c5)c5cc7c(cc5n6-c5cccc(-c6ccccc6)c5)C(c5ccccc5)c5ccccc5-7)ccc43)c2)cc1. The average molecular weight is 801 g/mol. The molecule has 0 N–H and O–H groups in total. The Labute approximate surface area is 366 Å². The number of nitrogens with zero attached hydrogens (tertiary/aromatic N) is 2. The highest BCUT2D eigenvalue weighted by molar-refractivity contribution is 6.14. The summed E-state index contributed by atoms with van der Waals surface area (Å²) in [5.74, 6) is 0.161. The van der Waals surface area contributed by atoms with Crippen molar-refractivity contribution in [3.63, 3.8) is 0 Å². The predicted octanol–water partition coefficient (Wildman–Crippen LogP) is 16.0. The van der Waals surface area contributed by atoms with E-state index in [2.05, 4.69) is 246 Å². The lowest BCUT2D eigenvalue weighted by molar-refractivity contribution is 1.01. The van der Waals surface area contributed by atoms with Gasteiger partial charge < -0.3 is 9.13 Å². The maximum atomic E-state index is 2.49. The van der Waals surface area contributed by atoms with E-state index in [0.29, 0.717) is 0 Å². The monoisotopic (exact) mass is 800 g/mol. The Morgan fingerprint density at radius 2 is 0.730 bits per heavy atom. The number of rotatable bonds is 6. The molecular weight excluding hydrogens is 761 g/mol. The summed E-state index contributed by atoms with van der Waals surface area (Å²) in [6, 6.07) is 87.2. The van der Waals surface area contributed by atoms with Gasteiger partial charge in [0.05, 0.1) is 22.1 Å². The molecule has 2 nitrogen and oxygen atoms in total. The highest BCUT2D eigenvalue weighted by atomic mass is 15.0. The molecule has 0 saturated heterocycles. The third-order valence-electron chi connectivity index (χ3n) is 13.4. The van der Waals surface area contributed by atoms with Crippen LogP contribution in [0.1, 0.15) is 22.6 Å². The predicted molar refractivity (Wildman–Crippen MR) is 264 cm³/mol. The molecule has 2 heteroatoms.